The second kappa shape index (κ2) is 5.64. The summed E-state index contributed by atoms with van der Waals surface area (Å²) in [6, 6.07) is 5.10. The second-order valence-electron chi connectivity index (χ2n) is 3.41. The molecule has 2 heterocycles. The highest BCUT2D eigenvalue weighted by Crippen LogP contribution is 2.21. The fraction of sp³-hybridized carbons (Fsp3) is 0.250. The number of carbonyl (C=O) groups excluding carboxylic acids is 1. The summed E-state index contributed by atoms with van der Waals surface area (Å²) in [5.74, 6) is -0.0787. The molecule has 0 aliphatic rings. The van der Waals surface area contributed by atoms with Gasteiger partial charge >= 0.3 is 5.97 Å². The Labute approximate surface area is 109 Å². The van der Waals surface area contributed by atoms with E-state index in [1.165, 1.54) is 0 Å². The van der Waals surface area contributed by atoms with Crippen molar-refractivity contribution < 1.29 is 14.3 Å². The molecule has 0 saturated carbocycles. The lowest BCUT2D eigenvalue weighted by atomic mass is 10.3. The summed E-state index contributed by atoms with van der Waals surface area (Å²) in [5.41, 5.74) is 0.663. The van der Waals surface area contributed by atoms with E-state index in [4.69, 9.17) is 21.1 Å². The summed E-state index contributed by atoms with van der Waals surface area (Å²) in [4.78, 5) is 19.3. The van der Waals surface area contributed by atoms with Crippen molar-refractivity contribution in [3.63, 3.8) is 0 Å². The molecule has 94 valence electrons. The zero-order valence-corrected chi connectivity index (χ0v) is 10.5. The number of halogens is 1. The topological polar surface area (TPSA) is 61.3 Å². The number of ether oxygens (including phenoxy) is 2. The Morgan fingerprint density at radius 2 is 2.22 bits per heavy atom. The summed E-state index contributed by atoms with van der Waals surface area (Å²) in [6.45, 7) is 1.90. The van der Waals surface area contributed by atoms with Gasteiger partial charge in [0.1, 0.15) is 5.15 Å². The molecular weight excluding hydrogens is 256 g/mol. The lowest BCUT2D eigenvalue weighted by Crippen LogP contribution is -2.15. The first-order valence-electron chi connectivity index (χ1n) is 5.40. The van der Waals surface area contributed by atoms with E-state index >= 15 is 0 Å². The van der Waals surface area contributed by atoms with Crippen LogP contribution in [0.1, 0.15) is 6.92 Å². The number of fused-ring (bicyclic) bond motifs is 1. The van der Waals surface area contributed by atoms with Crippen LogP contribution in [0.2, 0.25) is 5.15 Å². The number of aromatic nitrogens is 2. The maximum Gasteiger partial charge on any atom is 0.344 e. The number of hydrogen-bond acceptors (Lipinski definition) is 5. The van der Waals surface area contributed by atoms with E-state index in [9.17, 15) is 4.79 Å². The molecule has 0 saturated heterocycles. The van der Waals surface area contributed by atoms with Crippen molar-refractivity contribution in [2.45, 2.75) is 6.92 Å². The van der Waals surface area contributed by atoms with Crippen LogP contribution in [0.5, 0.6) is 5.88 Å². The normalized spacial score (nSPS) is 10.3. The van der Waals surface area contributed by atoms with Crippen LogP contribution in [0.15, 0.2) is 24.4 Å². The van der Waals surface area contributed by atoms with Gasteiger partial charge in [-0.2, -0.15) is 0 Å². The van der Waals surface area contributed by atoms with Crippen molar-refractivity contribution >= 4 is 28.5 Å². The molecule has 5 nitrogen and oxygen atoms in total. The molecule has 2 aromatic heterocycles. The van der Waals surface area contributed by atoms with Gasteiger partial charge in [-0.3, -0.25) is 0 Å². The minimum absolute atomic E-state index is 0.162. The zero-order chi connectivity index (χ0) is 13.0. The summed E-state index contributed by atoms with van der Waals surface area (Å²) in [5, 5.41) is 1.12. The van der Waals surface area contributed by atoms with Crippen molar-refractivity contribution in [3.05, 3.63) is 29.5 Å². The fourth-order valence-electron chi connectivity index (χ4n) is 1.42. The highest BCUT2D eigenvalue weighted by atomic mass is 35.5. The van der Waals surface area contributed by atoms with E-state index in [-0.39, 0.29) is 6.61 Å². The third kappa shape index (κ3) is 2.87. The SMILES string of the molecule is CCOC(=O)COc1ccc2c(Cl)nccc2n1. The van der Waals surface area contributed by atoms with Gasteiger partial charge in [0.25, 0.3) is 0 Å². The standard InChI is InChI=1S/C12H11ClN2O3/c1-2-17-11(16)7-18-10-4-3-8-9(15-10)5-6-14-12(8)13/h3-6H,2,7H2,1H3. The molecule has 0 aromatic carbocycles. The maximum absolute atomic E-state index is 11.1. The second-order valence-corrected chi connectivity index (χ2v) is 3.77. The lowest BCUT2D eigenvalue weighted by Gasteiger charge is -2.06. The van der Waals surface area contributed by atoms with Gasteiger partial charge in [0.2, 0.25) is 5.88 Å². The predicted octanol–water partition coefficient (Wildman–Crippen LogP) is 2.23. The fourth-order valence-corrected chi connectivity index (χ4v) is 1.63. The van der Waals surface area contributed by atoms with Crippen LogP contribution in [0.3, 0.4) is 0 Å². The van der Waals surface area contributed by atoms with Gasteiger partial charge in [0.15, 0.2) is 6.61 Å². The first kappa shape index (κ1) is 12.6. The van der Waals surface area contributed by atoms with E-state index < -0.39 is 5.97 Å². The van der Waals surface area contributed by atoms with Gasteiger partial charge in [-0.15, -0.1) is 0 Å². The number of hydrogen-bond donors (Lipinski definition) is 0. The quantitative estimate of drug-likeness (QED) is 0.627. The maximum atomic E-state index is 11.1. The van der Waals surface area contributed by atoms with E-state index in [2.05, 4.69) is 9.97 Å². The third-order valence-corrected chi connectivity index (χ3v) is 2.49. The highest BCUT2D eigenvalue weighted by Gasteiger charge is 2.06. The number of carbonyl (C=O) groups is 1. The molecule has 0 fully saturated rings. The van der Waals surface area contributed by atoms with E-state index in [0.29, 0.717) is 23.2 Å². The lowest BCUT2D eigenvalue weighted by molar-refractivity contribution is -0.145. The average Bonchev–Trinajstić information content (AvgIpc) is 2.37. The summed E-state index contributed by atoms with van der Waals surface area (Å²) in [6.07, 6.45) is 1.56. The minimum Gasteiger partial charge on any atom is -0.466 e. The molecule has 0 spiro atoms. The van der Waals surface area contributed by atoms with Gasteiger partial charge < -0.3 is 9.47 Å². The number of rotatable bonds is 4. The molecule has 0 atom stereocenters. The Bertz CT molecular complexity index is 574. The van der Waals surface area contributed by atoms with Crippen LogP contribution in [-0.4, -0.2) is 29.2 Å². The van der Waals surface area contributed by atoms with Crippen LogP contribution in [0.25, 0.3) is 10.9 Å². The van der Waals surface area contributed by atoms with E-state index in [0.717, 1.165) is 5.39 Å². The van der Waals surface area contributed by atoms with Crippen LogP contribution in [-0.2, 0) is 9.53 Å². The molecule has 0 N–H and O–H groups in total. The Hall–Kier alpha value is -1.88. The molecule has 2 rings (SSSR count). The first-order chi connectivity index (χ1) is 8.70. The van der Waals surface area contributed by atoms with Gasteiger partial charge in [0.05, 0.1) is 12.1 Å². The van der Waals surface area contributed by atoms with Crippen molar-refractivity contribution in [3.8, 4) is 5.88 Å². The summed E-state index contributed by atoms with van der Waals surface area (Å²) >= 11 is 5.91. The Kier molecular flexibility index (Phi) is 3.94. The Morgan fingerprint density at radius 1 is 1.39 bits per heavy atom. The molecule has 6 heteroatoms. The number of esters is 1. The molecule has 0 bridgehead atoms. The molecule has 0 radical (unpaired) electrons. The number of nitrogens with zero attached hydrogens (tertiary/aromatic N) is 2. The third-order valence-electron chi connectivity index (χ3n) is 2.18. The minimum atomic E-state index is -0.424. The molecule has 18 heavy (non-hydrogen) atoms. The van der Waals surface area contributed by atoms with Crippen molar-refractivity contribution in [2.24, 2.45) is 0 Å². The molecule has 0 unspecified atom stereocenters. The molecule has 0 amide bonds. The predicted molar refractivity (Wildman–Crippen MR) is 66.7 cm³/mol. The van der Waals surface area contributed by atoms with Crippen molar-refractivity contribution in [2.75, 3.05) is 13.2 Å². The molecule has 0 aliphatic heterocycles. The molecule has 0 aliphatic carbocycles. The Morgan fingerprint density at radius 3 is 3.00 bits per heavy atom. The van der Waals surface area contributed by atoms with Gasteiger partial charge in [-0.25, -0.2) is 14.8 Å². The Balaban J connectivity index is 2.13. The summed E-state index contributed by atoms with van der Waals surface area (Å²) in [7, 11) is 0. The monoisotopic (exact) mass is 266 g/mol. The average molecular weight is 267 g/mol. The molecule has 2 aromatic rings. The highest BCUT2D eigenvalue weighted by molar-refractivity contribution is 6.34. The van der Waals surface area contributed by atoms with E-state index in [1.54, 1.807) is 31.3 Å². The van der Waals surface area contributed by atoms with E-state index in [1.807, 2.05) is 0 Å². The number of pyridine rings is 2. The van der Waals surface area contributed by atoms with Gasteiger partial charge in [-0.1, -0.05) is 11.6 Å². The first-order valence-corrected chi connectivity index (χ1v) is 5.78. The van der Waals surface area contributed by atoms with Crippen LogP contribution in [0, 0.1) is 0 Å². The van der Waals surface area contributed by atoms with Gasteiger partial charge in [-0.05, 0) is 19.1 Å². The van der Waals surface area contributed by atoms with Crippen LogP contribution < -0.4 is 4.74 Å². The largest absolute Gasteiger partial charge is 0.466 e. The van der Waals surface area contributed by atoms with Crippen LogP contribution >= 0.6 is 11.6 Å². The van der Waals surface area contributed by atoms with Crippen LogP contribution in [0.4, 0.5) is 0 Å². The molecular formula is C12H11ClN2O3. The summed E-state index contributed by atoms with van der Waals surface area (Å²) < 4.78 is 9.97. The van der Waals surface area contributed by atoms with Crippen molar-refractivity contribution in [1.82, 2.24) is 9.97 Å². The van der Waals surface area contributed by atoms with Gasteiger partial charge in [0, 0.05) is 17.6 Å². The van der Waals surface area contributed by atoms with Crippen molar-refractivity contribution in [1.29, 1.82) is 0 Å². The smallest absolute Gasteiger partial charge is 0.344 e. The zero-order valence-electron chi connectivity index (χ0n) is 9.72.